The molecule has 0 spiro atoms. The maximum Gasteiger partial charge on any atom is 0.188 e. The van der Waals surface area contributed by atoms with Crippen molar-refractivity contribution < 1.29 is 0 Å². The summed E-state index contributed by atoms with van der Waals surface area (Å²) in [6.45, 7) is 7.38. The SMILES string of the molecule is Cc1ccc(CN=C(N)NCC(C)C)c(-n2cc(Cl)cn2)n1. The van der Waals surface area contributed by atoms with Gasteiger partial charge in [0, 0.05) is 17.8 Å². The minimum Gasteiger partial charge on any atom is -0.370 e. The molecule has 0 aromatic carbocycles. The van der Waals surface area contributed by atoms with Crippen molar-refractivity contribution in [2.24, 2.45) is 16.6 Å². The molecular weight excluding hydrogens is 300 g/mol. The molecule has 0 aliphatic carbocycles. The first-order valence-corrected chi connectivity index (χ1v) is 7.54. The normalized spacial score (nSPS) is 12.0. The maximum atomic E-state index is 5.93. The zero-order chi connectivity index (χ0) is 16.1. The standard InChI is InChI=1S/C15H21ClN6/c1-10(2)6-18-15(17)19-7-12-5-4-11(3)21-14(12)22-9-13(16)8-20-22/h4-5,8-10H,6-7H2,1-3H3,(H3,17,18,19). The Morgan fingerprint density at radius 3 is 2.86 bits per heavy atom. The Hall–Kier alpha value is -2.08. The molecule has 7 heteroatoms. The Balaban J connectivity index is 2.19. The van der Waals surface area contributed by atoms with Gasteiger partial charge in [0.25, 0.3) is 0 Å². The molecule has 0 radical (unpaired) electrons. The van der Waals surface area contributed by atoms with E-state index >= 15 is 0 Å². The molecule has 0 unspecified atom stereocenters. The highest BCUT2D eigenvalue weighted by Crippen LogP contribution is 2.16. The molecular formula is C15H21ClN6. The van der Waals surface area contributed by atoms with Crippen LogP contribution in [0.25, 0.3) is 5.82 Å². The smallest absolute Gasteiger partial charge is 0.188 e. The summed E-state index contributed by atoms with van der Waals surface area (Å²) in [6, 6.07) is 3.92. The second kappa shape index (κ2) is 7.26. The van der Waals surface area contributed by atoms with E-state index in [9.17, 15) is 0 Å². The van der Waals surface area contributed by atoms with Gasteiger partial charge in [-0.1, -0.05) is 31.5 Å². The van der Waals surface area contributed by atoms with E-state index in [4.69, 9.17) is 17.3 Å². The minimum atomic E-state index is 0.428. The molecule has 2 heterocycles. The Morgan fingerprint density at radius 2 is 2.23 bits per heavy atom. The Kier molecular flexibility index (Phi) is 5.38. The van der Waals surface area contributed by atoms with Gasteiger partial charge >= 0.3 is 0 Å². The van der Waals surface area contributed by atoms with Gasteiger partial charge in [0.05, 0.1) is 24.0 Å². The molecule has 0 aliphatic rings. The van der Waals surface area contributed by atoms with Crippen LogP contribution < -0.4 is 11.1 Å². The fourth-order valence-corrected chi connectivity index (χ4v) is 1.98. The zero-order valence-corrected chi connectivity index (χ0v) is 13.8. The molecule has 22 heavy (non-hydrogen) atoms. The van der Waals surface area contributed by atoms with Gasteiger partial charge in [-0.25, -0.2) is 14.7 Å². The maximum absolute atomic E-state index is 5.93. The van der Waals surface area contributed by atoms with Crippen molar-refractivity contribution in [3.8, 4) is 5.82 Å². The molecule has 2 aromatic heterocycles. The number of nitrogens with one attached hydrogen (secondary N) is 1. The summed E-state index contributed by atoms with van der Waals surface area (Å²) in [6.07, 6.45) is 3.30. The summed E-state index contributed by atoms with van der Waals surface area (Å²) < 4.78 is 1.65. The lowest BCUT2D eigenvalue weighted by atomic mass is 10.2. The first-order chi connectivity index (χ1) is 10.5. The third-order valence-corrected chi connectivity index (χ3v) is 3.17. The molecule has 0 fully saturated rings. The van der Waals surface area contributed by atoms with Gasteiger partial charge in [-0.3, -0.25) is 0 Å². The van der Waals surface area contributed by atoms with Crippen molar-refractivity contribution in [3.05, 3.63) is 40.8 Å². The first-order valence-electron chi connectivity index (χ1n) is 7.16. The number of pyridine rings is 1. The van der Waals surface area contributed by atoms with Gasteiger partial charge in [-0.2, -0.15) is 5.10 Å². The molecule has 0 bridgehead atoms. The van der Waals surface area contributed by atoms with E-state index in [2.05, 4.69) is 34.2 Å². The van der Waals surface area contributed by atoms with E-state index in [1.165, 1.54) is 0 Å². The van der Waals surface area contributed by atoms with Crippen LogP contribution in [0.4, 0.5) is 0 Å². The summed E-state index contributed by atoms with van der Waals surface area (Å²) in [5, 5.41) is 7.86. The topological polar surface area (TPSA) is 81.1 Å². The molecule has 0 aliphatic heterocycles. The average molecular weight is 321 g/mol. The number of halogens is 1. The van der Waals surface area contributed by atoms with Crippen molar-refractivity contribution >= 4 is 17.6 Å². The van der Waals surface area contributed by atoms with Gasteiger partial charge in [-0.05, 0) is 18.9 Å². The van der Waals surface area contributed by atoms with Crippen molar-refractivity contribution in [1.29, 1.82) is 0 Å². The molecule has 0 amide bonds. The molecule has 0 saturated carbocycles. The zero-order valence-electron chi connectivity index (χ0n) is 13.0. The van der Waals surface area contributed by atoms with Crippen LogP contribution in [0.1, 0.15) is 25.1 Å². The summed E-state index contributed by atoms with van der Waals surface area (Å²) in [5.74, 6) is 1.66. The molecule has 6 nitrogen and oxygen atoms in total. The highest BCUT2D eigenvalue weighted by Gasteiger charge is 2.08. The monoisotopic (exact) mass is 320 g/mol. The van der Waals surface area contributed by atoms with Crippen LogP contribution in [0.2, 0.25) is 5.02 Å². The molecule has 0 atom stereocenters. The number of aliphatic imine (C=N–C) groups is 1. The molecule has 3 N–H and O–H groups in total. The van der Waals surface area contributed by atoms with Gasteiger partial charge in [0.1, 0.15) is 0 Å². The number of hydrogen-bond donors (Lipinski definition) is 2. The first kappa shape index (κ1) is 16.3. The predicted molar refractivity (Wildman–Crippen MR) is 89.3 cm³/mol. The van der Waals surface area contributed by atoms with Crippen molar-refractivity contribution in [2.75, 3.05) is 6.54 Å². The molecule has 2 rings (SSSR count). The van der Waals surface area contributed by atoms with Crippen molar-refractivity contribution in [1.82, 2.24) is 20.1 Å². The van der Waals surface area contributed by atoms with Crippen LogP contribution in [0.3, 0.4) is 0 Å². The van der Waals surface area contributed by atoms with Gasteiger partial charge in [0.15, 0.2) is 11.8 Å². The molecule has 2 aromatic rings. The van der Waals surface area contributed by atoms with Gasteiger partial charge in [0.2, 0.25) is 0 Å². The molecule has 0 saturated heterocycles. The van der Waals surface area contributed by atoms with Crippen LogP contribution in [0, 0.1) is 12.8 Å². The van der Waals surface area contributed by atoms with Crippen LogP contribution in [-0.4, -0.2) is 27.3 Å². The second-order valence-electron chi connectivity index (χ2n) is 5.51. The number of aromatic nitrogens is 3. The number of rotatable bonds is 5. The van der Waals surface area contributed by atoms with Gasteiger partial charge in [-0.15, -0.1) is 0 Å². The lowest BCUT2D eigenvalue weighted by molar-refractivity contribution is 0.621. The van der Waals surface area contributed by atoms with Crippen LogP contribution in [0.15, 0.2) is 29.5 Å². The van der Waals surface area contributed by atoms with Crippen molar-refractivity contribution in [3.63, 3.8) is 0 Å². The van der Waals surface area contributed by atoms with E-state index in [1.54, 1.807) is 17.1 Å². The highest BCUT2D eigenvalue weighted by atomic mass is 35.5. The number of guanidine groups is 1. The van der Waals surface area contributed by atoms with E-state index in [0.717, 1.165) is 17.8 Å². The third kappa shape index (κ3) is 4.46. The van der Waals surface area contributed by atoms with E-state index in [-0.39, 0.29) is 0 Å². The van der Waals surface area contributed by atoms with Crippen LogP contribution in [0.5, 0.6) is 0 Å². The van der Waals surface area contributed by atoms with Crippen LogP contribution in [-0.2, 0) is 6.54 Å². The quantitative estimate of drug-likeness (QED) is 0.654. The van der Waals surface area contributed by atoms with Gasteiger partial charge < -0.3 is 11.1 Å². The fraction of sp³-hybridized carbons (Fsp3) is 0.400. The van der Waals surface area contributed by atoms with E-state index in [1.807, 2.05) is 19.1 Å². The Bertz CT molecular complexity index is 662. The lowest BCUT2D eigenvalue weighted by Crippen LogP contribution is -2.34. The largest absolute Gasteiger partial charge is 0.370 e. The predicted octanol–water partition coefficient (Wildman–Crippen LogP) is 2.29. The highest BCUT2D eigenvalue weighted by molar-refractivity contribution is 6.30. The summed E-state index contributed by atoms with van der Waals surface area (Å²) in [4.78, 5) is 8.88. The number of nitrogens with two attached hydrogens (primary N) is 1. The number of aryl methyl sites for hydroxylation is 1. The Morgan fingerprint density at radius 1 is 1.45 bits per heavy atom. The molecule has 118 valence electrons. The second-order valence-corrected chi connectivity index (χ2v) is 5.95. The number of hydrogen-bond acceptors (Lipinski definition) is 3. The summed E-state index contributed by atoms with van der Waals surface area (Å²) in [5.41, 5.74) is 7.70. The van der Waals surface area contributed by atoms with Crippen molar-refractivity contribution in [2.45, 2.75) is 27.3 Å². The lowest BCUT2D eigenvalue weighted by Gasteiger charge is -2.10. The summed E-state index contributed by atoms with van der Waals surface area (Å²) >= 11 is 5.93. The third-order valence-electron chi connectivity index (χ3n) is 2.97. The Labute approximate surface area is 135 Å². The number of nitrogens with zero attached hydrogens (tertiary/aromatic N) is 4. The van der Waals surface area contributed by atoms with Crippen LogP contribution >= 0.6 is 11.6 Å². The van der Waals surface area contributed by atoms with E-state index in [0.29, 0.717) is 29.3 Å². The summed E-state index contributed by atoms with van der Waals surface area (Å²) in [7, 11) is 0. The van der Waals surface area contributed by atoms with E-state index < -0.39 is 0 Å². The minimum absolute atomic E-state index is 0.428. The fourth-order valence-electron chi connectivity index (χ4n) is 1.85. The average Bonchev–Trinajstić information content (AvgIpc) is 2.90.